The van der Waals surface area contributed by atoms with Crippen molar-refractivity contribution in [1.29, 1.82) is 5.26 Å². The third-order valence-electron chi connectivity index (χ3n) is 3.99. The van der Waals surface area contributed by atoms with Crippen molar-refractivity contribution in [2.45, 2.75) is 25.7 Å². The molecule has 1 aliphatic carbocycles. The van der Waals surface area contributed by atoms with Crippen molar-refractivity contribution in [2.75, 3.05) is 5.32 Å². The molecule has 1 aromatic heterocycles. The third-order valence-corrected chi connectivity index (χ3v) is 5.92. The van der Waals surface area contributed by atoms with Gasteiger partial charge in [-0.15, -0.1) is 11.3 Å². The van der Waals surface area contributed by atoms with E-state index in [2.05, 4.69) is 37.8 Å². The molecule has 0 saturated heterocycles. The number of aryl methyl sites for hydroxylation is 1. The summed E-state index contributed by atoms with van der Waals surface area (Å²) in [5.41, 5.74) is 4.45. The number of rotatable bonds is 3. The molecule has 2 amide bonds. The number of thiophene rings is 1. The lowest BCUT2D eigenvalue weighted by molar-refractivity contribution is -0.136. The van der Waals surface area contributed by atoms with Crippen LogP contribution in [0.15, 0.2) is 33.8 Å². The lowest BCUT2D eigenvalue weighted by Gasteiger charge is -2.09. The van der Waals surface area contributed by atoms with Gasteiger partial charge in [-0.25, -0.2) is 5.43 Å². The predicted octanol–water partition coefficient (Wildman–Crippen LogP) is 3.35. The van der Waals surface area contributed by atoms with Crippen molar-refractivity contribution in [3.05, 3.63) is 50.3 Å². The van der Waals surface area contributed by atoms with Gasteiger partial charge in [-0.2, -0.15) is 10.4 Å². The zero-order valence-corrected chi connectivity index (χ0v) is 16.1. The highest BCUT2D eigenvalue weighted by molar-refractivity contribution is 9.10. The van der Waals surface area contributed by atoms with Gasteiger partial charge < -0.3 is 5.32 Å². The Labute approximate surface area is 163 Å². The van der Waals surface area contributed by atoms with Crippen LogP contribution in [0, 0.1) is 11.3 Å². The van der Waals surface area contributed by atoms with Crippen molar-refractivity contribution in [2.24, 2.45) is 5.10 Å². The Bertz CT molecular complexity index is 930. The van der Waals surface area contributed by atoms with Crippen molar-refractivity contribution in [3.63, 3.8) is 0 Å². The highest BCUT2D eigenvalue weighted by atomic mass is 79.9. The summed E-state index contributed by atoms with van der Waals surface area (Å²) in [4.78, 5) is 25.2. The Morgan fingerprint density at radius 1 is 1.23 bits per heavy atom. The molecular weight excluding hydrogens is 416 g/mol. The topological polar surface area (TPSA) is 94.4 Å². The molecule has 0 unspecified atom stereocenters. The maximum Gasteiger partial charge on any atom is 0.329 e. The quantitative estimate of drug-likeness (QED) is 0.443. The fraction of sp³-hybridized carbons (Fsp3) is 0.222. The van der Waals surface area contributed by atoms with Crippen molar-refractivity contribution < 1.29 is 9.59 Å². The summed E-state index contributed by atoms with van der Waals surface area (Å²) in [6.07, 6.45) is 5.31. The number of hydrazone groups is 1. The maximum atomic E-state index is 12.1. The summed E-state index contributed by atoms with van der Waals surface area (Å²) in [5, 5.41) is 16.2. The Morgan fingerprint density at radius 3 is 2.77 bits per heavy atom. The normalized spacial score (nSPS) is 13.1. The number of nitrogens with zero attached hydrogens (tertiary/aromatic N) is 2. The van der Waals surface area contributed by atoms with Gasteiger partial charge in [0.2, 0.25) is 0 Å². The first-order chi connectivity index (χ1) is 12.6. The number of carbonyl (C=O) groups excluding carboxylic acids is 2. The number of benzene rings is 1. The Balaban J connectivity index is 1.65. The van der Waals surface area contributed by atoms with Gasteiger partial charge in [-0.05, 0) is 37.3 Å². The van der Waals surface area contributed by atoms with Crippen molar-refractivity contribution in [3.8, 4) is 6.07 Å². The van der Waals surface area contributed by atoms with Gasteiger partial charge in [0.1, 0.15) is 11.1 Å². The largest absolute Gasteiger partial charge is 0.329 e. The fourth-order valence-electron chi connectivity index (χ4n) is 2.72. The fourth-order valence-corrected chi connectivity index (χ4v) is 4.35. The minimum Gasteiger partial charge on any atom is -0.308 e. The van der Waals surface area contributed by atoms with Gasteiger partial charge in [0.25, 0.3) is 0 Å². The van der Waals surface area contributed by atoms with E-state index in [1.807, 2.05) is 24.3 Å². The van der Waals surface area contributed by atoms with E-state index in [-0.39, 0.29) is 0 Å². The van der Waals surface area contributed by atoms with Crippen LogP contribution in [0.2, 0.25) is 0 Å². The first kappa shape index (κ1) is 18.3. The molecule has 3 rings (SSSR count). The summed E-state index contributed by atoms with van der Waals surface area (Å²) in [5.74, 6) is -1.73. The van der Waals surface area contributed by atoms with Crippen LogP contribution in [-0.2, 0) is 22.4 Å². The average Bonchev–Trinajstić information content (AvgIpc) is 3.00. The summed E-state index contributed by atoms with van der Waals surface area (Å²) in [7, 11) is 0. The zero-order valence-electron chi connectivity index (χ0n) is 13.7. The van der Waals surface area contributed by atoms with Gasteiger partial charge in [0.05, 0.1) is 11.8 Å². The lowest BCUT2D eigenvalue weighted by atomic mass is 9.96. The molecule has 0 saturated carbocycles. The minimum absolute atomic E-state index is 0.439. The van der Waals surface area contributed by atoms with Crippen LogP contribution in [0.1, 0.15) is 34.4 Å². The third kappa shape index (κ3) is 4.00. The molecule has 0 aliphatic heterocycles. The van der Waals surface area contributed by atoms with Gasteiger partial charge >= 0.3 is 11.8 Å². The lowest BCUT2D eigenvalue weighted by Crippen LogP contribution is -2.32. The van der Waals surface area contributed by atoms with Gasteiger partial charge in [-0.3, -0.25) is 9.59 Å². The molecule has 1 aliphatic rings. The van der Waals surface area contributed by atoms with Gasteiger partial charge in [-0.1, -0.05) is 34.1 Å². The number of halogens is 1. The molecular formula is C18H15BrN4O2S. The second-order valence-corrected chi connectivity index (χ2v) is 7.66. The maximum absolute atomic E-state index is 12.1. The highest BCUT2D eigenvalue weighted by Crippen LogP contribution is 2.37. The molecule has 2 N–H and O–H groups in total. The van der Waals surface area contributed by atoms with Crippen molar-refractivity contribution in [1.82, 2.24) is 5.43 Å². The summed E-state index contributed by atoms with van der Waals surface area (Å²) >= 11 is 4.74. The minimum atomic E-state index is -0.886. The zero-order chi connectivity index (χ0) is 18.5. The van der Waals surface area contributed by atoms with E-state index in [9.17, 15) is 14.9 Å². The molecule has 26 heavy (non-hydrogen) atoms. The number of fused-ring (bicyclic) bond motifs is 1. The number of carbonyl (C=O) groups is 2. The van der Waals surface area contributed by atoms with Gasteiger partial charge in [0.15, 0.2) is 0 Å². The Morgan fingerprint density at radius 2 is 2.00 bits per heavy atom. The molecule has 0 fully saturated rings. The van der Waals surface area contributed by atoms with Crippen LogP contribution in [-0.4, -0.2) is 18.0 Å². The number of anilines is 1. The van der Waals surface area contributed by atoms with Crippen LogP contribution in [0.3, 0.4) is 0 Å². The van der Waals surface area contributed by atoms with E-state index in [1.54, 1.807) is 0 Å². The van der Waals surface area contributed by atoms with E-state index in [0.717, 1.165) is 46.2 Å². The molecule has 6 nitrogen and oxygen atoms in total. The number of hydrogen-bond acceptors (Lipinski definition) is 5. The van der Waals surface area contributed by atoms with E-state index >= 15 is 0 Å². The van der Waals surface area contributed by atoms with Crippen LogP contribution in [0.4, 0.5) is 5.00 Å². The summed E-state index contributed by atoms with van der Waals surface area (Å²) in [6, 6.07) is 9.51. The van der Waals surface area contributed by atoms with E-state index in [1.165, 1.54) is 17.6 Å². The first-order valence-electron chi connectivity index (χ1n) is 8.03. The number of nitrogens with one attached hydrogen (secondary N) is 2. The van der Waals surface area contributed by atoms with Crippen LogP contribution < -0.4 is 10.7 Å². The van der Waals surface area contributed by atoms with Gasteiger partial charge in [0, 0.05) is 14.9 Å². The predicted molar refractivity (Wildman–Crippen MR) is 104 cm³/mol. The Hall–Kier alpha value is -2.50. The second kappa shape index (κ2) is 8.25. The van der Waals surface area contributed by atoms with E-state index in [4.69, 9.17) is 0 Å². The smallest absolute Gasteiger partial charge is 0.308 e. The first-order valence-corrected chi connectivity index (χ1v) is 9.64. The molecule has 0 bridgehead atoms. The second-order valence-electron chi connectivity index (χ2n) is 5.70. The van der Waals surface area contributed by atoms with E-state index < -0.39 is 11.8 Å². The molecule has 1 heterocycles. The highest BCUT2D eigenvalue weighted by Gasteiger charge is 2.23. The van der Waals surface area contributed by atoms with E-state index in [0.29, 0.717) is 10.6 Å². The SMILES string of the molecule is N#Cc1c(NC(=O)C(=O)N/N=C\c2ccccc2Br)sc2c1CCCC2. The molecule has 0 spiro atoms. The monoisotopic (exact) mass is 430 g/mol. The summed E-state index contributed by atoms with van der Waals surface area (Å²) < 4.78 is 0.824. The number of hydrogen-bond donors (Lipinski definition) is 2. The average molecular weight is 431 g/mol. The molecule has 2 aromatic rings. The van der Waals surface area contributed by atoms with Crippen LogP contribution in [0.5, 0.6) is 0 Å². The number of amides is 2. The van der Waals surface area contributed by atoms with Crippen molar-refractivity contribution >= 4 is 50.3 Å². The Kier molecular flexibility index (Phi) is 5.81. The molecule has 0 radical (unpaired) electrons. The molecule has 132 valence electrons. The van der Waals surface area contributed by atoms with Crippen LogP contribution in [0.25, 0.3) is 0 Å². The molecule has 0 atom stereocenters. The number of nitriles is 1. The summed E-state index contributed by atoms with van der Waals surface area (Å²) in [6.45, 7) is 0. The van der Waals surface area contributed by atoms with Crippen LogP contribution >= 0.6 is 27.3 Å². The molecule has 8 heteroatoms. The molecule has 1 aromatic carbocycles. The standard InChI is InChI=1S/C18H15BrN4O2S/c19-14-7-3-1-5-11(14)10-21-23-17(25)16(24)22-18-13(9-20)12-6-2-4-8-15(12)26-18/h1,3,5,7,10H,2,4,6,8H2,(H,22,24)(H,23,25)/b21-10-.